The summed E-state index contributed by atoms with van der Waals surface area (Å²) in [5, 5.41) is 15.4. The number of aromatic nitrogens is 2. The quantitative estimate of drug-likeness (QED) is 0.159. The van der Waals surface area contributed by atoms with Gasteiger partial charge in [0.05, 0.1) is 22.1 Å². The van der Waals surface area contributed by atoms with Crippen molar-refractivity contribution in [2.75, 3.05) is 0 Å². The van der Waals surface area contributed by atoms with Crippen molar-refractivity contribution >= 4 is 87.6 Å². The zero-order chi connectivity index (χ0) is 39.0. The highest BCUT2D eigenvalue weighted by Crippen LogP contribution is 2.42. The van der Waals surface area contributed by atoms with Crippen LogP contribution >= 0.6 is 0 Å². The number of fused-ring (bicyclic) bond motifs is 14. The first kappa shape index (κ1) is 32.6. The molecular formula is C57H38N2. The van der Waals surface area contributed by atoms with Crippen LogP contribution in [0.25, 0.3) is 110 Å². The van der Waals surface area contributed by atoms with Crippen LogP contribution in [0.5, 0.6) is 0 Å². The van der Waals surface area contributed by atoms with Crippen LogP contribution in [0.4, 0.5) is 0 Å². The summed E-state index contributed by atoms with van der Waals surface area (Å²) in [4.78, 5) is 0. The zero-order valence-electron chi connectivity index (χ0n) is 32.9. The van der Waals surface area contributed by atoms with Gasteiger partial charge >= 0.3 is 0 Å². The molecule has 0 N–H and O–H groups in total. The Balaban J connectivity index is 1.12. The molecular weight excluding hydrogens is 713 g/mol. The molecule has 2 aliphatic carbocycles. The van der Waals surface area contributed by atoms with Crippen molar-refractivity contribution in [3.05, 3.63) is 204 Å². The molecule has 0 bridgehead atoms. The van der Waals surface area contributed by atoms with Crippen LogP contribution in [0, 0.1) is 5.41 Å². The summed E-state index contributed by atoms with van der Waals surface area (Å²) >= 11 is 0. The largest absolute Gasteiger partial charge is 0.309 e. The smallest absolute Gasteiger partial charge is 0.0541 e. The molecule has 2 heterocycles. The summed E-state index contributed by atoms with van der Waals surface area (Å²) < 4.78 is 4.91. The van der Waals surface area contributed by atoms with Crippen LogP contribution in [0.1, 0.15) is 13.8 Å². The summed E-state index contributed by atoms with van der Waals surface area (Å²) in [6.07, 6.45) is 9.21. The lowest BCUT2D eigenvalue weighted by Gasteiger charge is -2.26. The average molecular weight is 751 g/mol. The van der Waals surface area contributed by atoms with Gasteiger partial charge in [-0.3, -0.25) is 0 Å². The molecule has 0 radical (unpaired) electrons. The fraction of sp³-hybridized carbons (Fsp3) is 0.0526. The molecule has 0 atom stereocenters. The second-order valence-electron chi connectivity index (χ2n) is 17.0. The Morgan fingerprint density at radius 1 is 0.390 bits per heavy atom. The van der Waals surface area contributed by atoms with Gasteiger partial charge in [0.1, 0.15) is 0 Å². The Kier molecular flexibility index (Phi) is 6.54. The van der Waals surface area contributed by atoms with Gasteiger partial charge in [0.2, 0.25) is 0 Å². The summed E-state index contributed by atoms with van der Waals surface area (Å²) in [5.41, 5.74) is 12.2. The van der Waals surface area contributed by atoms with E-state index >= 15 is 0 Å². The molecule has 276 valence electrons. The molecule has 2 heteroatoms. The van der Waals surface area contributed by atoms with Crippen molar-refractivity contribution in [3.8, 4) is 22.5 Å². The molecule has 2 aromatic heterocycles. The Morgan fingerprint density at radius 3 is 1.39 bits per heavy atom. The Hall–Kier alpha value is -7.42. The van der Waals surface area contributed by atoms with E-state index in [0.717, 1.165) is 11.4 Å². The van der Waals surface area contributed by atoms with Crippen molar-refractivity contribution in [1.29, 1.82) is 0 Å². The number of rotatable bonds is 3. The van der Waals surface area contributed by atoms with Crippen molar-refractivity contribution in [3.63, 3.8) is 0 Å². The van der Waals surface area contributed by atoms with Gasteiger partial charge in [-0.15, -0.1) is 0 Å². The standard InChI is InChI=1S/C57H38N2/c1-57(2)27-13-14-36-28-38-32-50-42-16-4-3-15-41(42)49-31-35(25-26-43(49)51(50)34-48(38)56(36)57)37-29-39(58-52-21-9-5-17-44(52)45-18-6-10-22-53(45)58)33-40(30-37)59-54-23-11-7-19-46(54)47-20-8-12-24-55(47)59/h3-34H,1-2H3. The van der Waals surface area contributed by atoms with Gasteiger partial charge in [0.25, 0.3) is 0 Å². The Labute approximate surface area is 341 Å². The Bertz CT molecular complexity index is 3620. The number of hydrogen-bond acceptors (Lipinski definition) is 0. The number of allylic oxidation sites excluding steroid dienone is 4. The first-order valence-corrected chi connectivity index (χ1v) is 20.7. The van der Waals surface area contributed by atoms with E-state index < -0.39 is 0 Å². The molecule has 9 aromatic carbocycles. The highest BCUT2D eigenvalue weighted by atomic mass is 15.0. The van der Waals surface area contributed by atoms with Gasteiger partial charge in [0.15, 0.2) is 0 Å². The first-order valence-electron chi connectivity index (χ1n) is 20.7. The second-order valence-corrected chi connectivity index (χ2v) is 17.0. The summed E-state index contributed by atoms with van der Waals surface area (Å²) in [7, 11) is 0. The highest BCUT2D eigenvalue weighted by Gasteiger charge is 2.28. The maximum Gasteiger partial charge on any atom is 0.0541 e. The lowest BCUT2D eigenvalue weighted by molar-refractivity contribution is 0.644. The summed E-state index contributed by atoms with van der Waals surface area (Å²) in [6.45, 7) is 4.68. The van der Waals surface area contributed by atoms with Crippen LogP contribution in [-0.2, 0) is 0 Å². The lowest BCUT2D eigenvalue weighted by atomic mass is 9.77. The predicted octanol–water partition coefficient (Wildman–Crippen LogP) is 13.5. The van der Waals surface area contributed by atoms with Crippen molar-refractivity contribution in [2.24, 2.45) is 5.41 Å². The maximum atomic E-state index is 2.48. The van der Waals surface area contributed by atoms with Gasteiger partial charge in [-0.05, 0) is 132 Å². The van der Waals surface area contributed by atoms with E-state index in [4.69, 9.17) is 0 Å². The van der Waals surface area contributed by atoms with E-state index in [1.165, 1.54) is 109 Å². The van der Waals surface area contributed by atoms with Crippen molar-refractivity contribution in [1.82, 2.24) is 9.13 Å². The minimum absolute atomic E-state index is 0.0329. The molecule has 59 heavy (non-hydrogen) atoms. The average Bonchev–Trinajstić information content (AvgIpc) is 3.94. The van der Waals surface area contributed by atoms with Gasteiger partial charge in [-0.25, -0.2) is 0 Å². The van der Waals surface area contributed by atoms with E-state index in [2.05, 4.69) is 217 Å². The van der Waals surface area contributed by atoms with Crippen molar-refractivity contribution in [2.45, 2.75) is 13.8 Å². The molecule has 0 spiro atoms. The monoisotopic (exact) mass is 750 g/mol. The molecule has 0 saturated heterocycles. The molecule has 13 rings (SSSR count). The van der Waals surface area contributed by atoms with Gasteiger partial charge in [-0.2, -0.15) is 0 Å². The number of hydrogen-bond donors (Lipinski definition) is 0. The van der Waals surface area contributed by atoms with Crippen LogP contribution in [0.3, 0.4) is 0 Å². The second kappa shape index (κ2) is 11.8. The SMILES string of the molecule is CC1(C)C=CC=C2C=c3cc4c5ccccc5c5cc(-c6cc(-n7c8ccccc8c8ccccc87)cc(-n7c8ccccc8c8ccccc87)c6)ccc5c4cc3=C21. The summed E-state index contributed by atoms with van der Waals surface area (Å²) in [6, 6.07) is 63.5. The predicted molar refractivity (Wildman–Crippen MR) is 251 cm³/mol. The molecule has 2 nitrogen and oxygen atoms in total. The topological polar surface area (TPSA) is 9.86 Å². The summed E-state index contributed by atoms with van der Waals surface area (Å²) in [5.74, 6) is 0. The molecule has 11 aromatic rings. The van der Waals surface area contributed by atoms with Crippen LogP contribution in [0.2, 0.25) is 0 Å². The molecule has 0 aliphatic heterocycles. The maximum absolute atomic E-state index is 2.48. The zero-order valence-corrected chi connectivity index (χ0v) is 32.9. The van der Waals surface area contributed by atoms with Crippen molar-refractivity contribution < 1.29 is 0 Å². The van der Waals surface area contributed by atoms with Gasteiger partial charge in [0, 0.05) is 38.3 Å². The minimum atomic E-state index is -0.0329. The number of nitrogens with zero attached hydrogens (tertiary/aromatic N) is 2. The minimum Gasteiger partial charge on any atom is -0.309 e. The van der Waals surface area contributed by atoms with E-state index in [9.17, 15) is 0 Å². The Morgan fingerprint density at radius 2 is 0.847 bits per heavy atom. The molecule has 2 aliphatic rings. The third-order valence-corrected chi connectivity index (χ3v) is 13.2. The van der Waals surface area contributed by atoms with Crippen LogP contribution < -0.4 is 10.4 Å². The van der Waals surface area contributed by atoms with Crippen LogP contribution in [-0.4, -0.2) is 9.13 Å². The van der Waals surface area contributed by atoms with E-state index in [1.54, 1.807) is 0 Å². The third kappa shape index (κ3) is 4.57. The highest BCUT2D eigenvalue weighted by molar-refractivity contribution is 6.26. The van der Waals surface area contributed by atoms with E-state index in [-0.39, 0.29) is 5.41 Å². The first-order chi connectivity index (χ1) is 29.0. The normalized spacial score (nSPS) is 14.5. The van der Waals surface area contributed by atoms with E-state index in [1.807, 2.05) is 0 Å². The number of benzene rings is 9. The third-order valence-electron chi connectivity index (χ3n) is 13.2. The van der Waals surface area contributed by atoms with E-state index in [0.29, 0.717) is 0 Å². The fourth-order valence-electron chi connectivity index (χ4n) is 10.7. The van der Waals surface area contributed by atoms with Crippen LogP contribution in [0.15, 0.2) is 194 Å². The van der Waals surface area contributed by atoms with Gasteiger partial charge < -0.3 is 9.13 Å². The molecule has 0 unspecified atom stereocenters. The molecule has 0 amide bonds. The number of para-hydroxylation sites is 4. The molecule has 0 saturated carbocycles. The lowest BCUT2D eigenvalue weighted by Crippen LogP contribution is -2.27. The molecule has 0 fully saturated rings. The fourth-order valence-corrected chi connectivity index (χ4v) is 10.7. The van der Waals surface area contributed by atoms with Gasteiger partial charge in [-0.1, -0.05) is 141 Å².